The van der Waals surface area contributed by atoms with Gasteiger partial charge in [0.2, 0.25) is 0 Å². The molecule has 0 aliphatic rings. The van der Waals surface area contributed by atoms with Gasteiger partial charge in [-0.3, -0.25) is 4.40 Å². The summed E-state index contributed by atoms with van der Waals surface area (Å²) in [6, 6.07) is 12.0. The molecule has 0 unspecified atom stereocenters. The number of benzene rings is 1. The molecule has 0 fully saturated rings. The second kappa shape index (κ2) is 10.8. The molecule has 2 N–H and O–H groups in total. The monoisotopic (exact) mass is 494 g/mol. The van der Waals surface area contributed by atoms with Gasteiger partial charge in [-0.15, -0.1) is 34.2 Å². The van der Waals surface area contributed by atoms with E-state index in [1.807, 2.05) is 41.8 Å². The number of aromatic nitrogens is 3. The average molecular weight is 494 g/mol. The maximum Gasteiger partial charge on any atom is 0.191 e. The molecular formula is C20H27IN6O. The first-order valence-corrected chi connectivity index (χ1v) is 9.19. The molecule has 0 amide bonds. The molecule has 0 atom stereocenters. The molecule has 1 aromatic carbocycles. The van der Waals surface area contributed by atoms with Crippen LogP contribution in [0, 0.1) is 13.8 Å². The van der Waals surface area contributed by atoms with Crippen LogP contribution in [0.2, 0.25) is 0 Å². The minimum Gasteiger partial charge on any atom is -0.491 e. The highest BCUT2D eigenvalue weighted by Gasteiger charge is 2.05. The minimum atomic E-state index is 0. The van der Waals surface area contributed by atoms with Gasteiger partial charge < -0.3 is 15.4 Å². The number of aliphatic imine (C=N–C) groups is 1. The molecule has 0 saturated heterocycles. The Bertz CT molecular complexity index is 904. The topological polar surface area (TPSA) is 75.8 Å². The van der Waals surface area contributed by atoms with E-state index in [1.165, 1.54) is 0 Å². The van der Waals surface area contributed by atoms with Gasteiger partial charge in [-0.2, -0.15) is 0 Å². The van der Waals surface area contributed by atoms with Gasteiger partial charge in [0.15, 0.2) is 17.4 Å². The number of nitrogens with zero attached hydrogens (tertiary/aromatic N) is 4. The summed E-state index contributed by atoms with van der Waals surface area (Å²) in [7, 11) is 0. The number of hydrogen-bond acceptors (Lipinski definition) is 4. The van der Waals surface area contributed by atoms with Crippen molar-refractivity contribution in [2.45, 2.75) is 27.3 Å². The van der Waals surface area contributed by atoms with E-state index in [1.54, 1.807) is 0 Å². The largest absolute Gasteiger partial charge is 0.491 e. The molecule has 0 saturated carbocycles. The highest BCUT2D eigenvalue weighted by Crippen LogP contribution is 2.21. The molecule has 0 radical (unpaired) electrons. The van der Waals surface area contributed by atoms with Crippen LogP contribution in [0.4, 0.5) is 0 Å². The summed E-state index contributed by atoms with van der Waals surface area (Å²) < 4.78 is 7.87. The van der Waals surface area contributed by atoms with E-state index in [2.05, 4.69) is 51.8 Å². The lowest BCUT2D eigenvalue weighted by molar-refractivity contribution is 0.317. The molecule has 0 aliphatic carbocycles. The number of nitrogens with one attached hydrogen (secondary N) is 2. The van der Waals surface area contributed by atoms with Gasteiger partial charge in [0.05, 0.1) is 6.54 Å². The lowest BCUT2D eigenvalue weighted by Crippen LogP contribution is -2.39. The number of ether oxygens (including phenoxy) is 1. The number of fused-ring (bicyclic) bond motifs is 1. The van der Waals surface area contributed by atoms with Crippen LogP contribution in [0.5, 0.6) is 5.75 Å². The van der Waals surface area contributed by atoms with E-state index in [0.717, 1.165) is 40.9 Å². The van der Waals surface area contributed by atoms with Crippen LogP contribution in [0.15, 0.2) is 47.6 Å². The Morgan fingerprint density at radius 3 is 2.61 bits per heavy atom. The molecule has 0 spiro atoms. The number of hydrogen-bond donors (Lipinski definition) is 2. The lowest BCUT2D eigenvalue weighted by atomic mass is 10.1. The number of guanidine groups is 1. The molecule has 3 rings (SSSR count). The normalized spacial score (nSPS) is 11.2. The van der Waals surface area contributed by atoms with Crippen LogP contribution < -0.4 is 15.4 Å². The smallest absolute Gasteiger partial charge is 0.191 e. The number of halogens is 1. The van der Waals surface area contributed by atoms with E-state index in [-0.39, 0.29) is 24.0 Å². The minimum absolute atomic E-state index is 0. The third kappa shape index (κ3) is 5.57. The summed E-state index contributed by atoms with van der Waals surface area (Å²) in [4.78, 5) is 4.60. The quantitative estimate of drug-likeness (QED) is 0.229. The second-order valence-corrected chi connectivity index (χ2v) is 6.24. The van der Waals surface area contributed by atoms with Crippen LogP contribution >= 0.6 is 24.0 Å². The first-order valence-electron chi connectivity index (χ1n) is 9.19. The molecule has 2 aromatic heterocycles. The van der Waals surface area contributed by atoms with Gasteiger partial charge in [0.25, 0.3) is 0 Å². The maximum atomic E-state index is 5.93. The summed E-state index contributed by atoms with van der Waals surface area (Å²) in [5.41, 5.74) is 3.12. The van der Waals surface area contributed by atoms with Crippen molar-refractivity contribution < 1.29 is 4.74 Å². The molecule has 28 heavy (non-hydrogen) atoms. The van der Waals surface area contributed by atoms with E-state index in [9.17, 15) is 0 Å². The first kappa shape index (κ1) is 21.9. The molecule has 7 nitrogen and oxygen atoms in total. The van der Waals surface area contributed by atoms with Crippen LogP contribution in [0.3, 0.4) is 0 Å². The maximum absolute atomic E-state index is 5.93. The van der Waals surface area contributed by atoms with E-state index in [0.29, 0.717) is 19.7 Å². The van der Waals surface area contributed by atoms with Crippen molar-refractivity contribution in [1.82, 2.24) is 25.2 Å². The van der Waals surface area contributed by atoms with Crippen LogP contribution in [-0.4, -0.2) is 40.3 Å². The predicted octanol–water partition coefficient (Wildman–Crippen LogP) is 3.10. The van der Waals surface area contributed by atoms with Crippen molar-refractivity contribution >= 4 is 35.6 Å². The average Bonchev–Trinajstić information content (AvgIpc) is 3.08. The van der Waals surface area contributed by atoms with Gasteiger partial charge in [0, 0.05) is 12.7 Å². The second-order valence-electron chi connectivity index (χ2n) is 6.24. The molecule has 8 heteroatoms. The van der Waals surface area contributed by atoms with E-state index in [4.69, 9.17) is 4.74 Å². The Labute approximate surface area is 182 Å². The number of para-hydroxylation sites is 1. The Morgan fingerprint density at radius 1 is 1.07 bits per heavy atom. The van der Waals surface area contributed by atoms with Gasteiger partial charge in [-0.25, -0.2) is 4.99 Å². The lowest BCUT2D eigenvalue weighted by Gasteiger charge is -2.14. The first-order chi connectivity index (χ1) is 13.2. The summed E-state index contributed by atoms with van der Waals surface area (Å²) in [5.74, 6) is 2.49. The van der Waals surface area contributed by atoms with Gasteiger partial charge in [-0.05, 0) is 44.0 Å². The van der Waals surface area contributed by atoms with Crippen LogP contribution in [-0.2, 0) is 6.54 Å². The van der Waals surface area contributed by atoms with Gasteiger partial charge >= 0.3 is 0 Å². The fourth-order valence-electron chi connectivity index (χ4n) is 2.84. The zero-order valence-electron chi connectivity index (χ0n) is 16.5. The van der Waals surface area contributed by atoms with E-state index < -0.39 is 0 Å². The Hall–Kier alpha value is -2.36. The van der Waals surface area contributed by atoms with Crippen molar-refractivity contribution in [3.8, 4) is 5.75 Å². The third-order valence-corrected chi connectivity index (χ3v) is 4.16. The predicted molar refractivity (Wildman–Crippen MR) is 123 cm³/mol. The number of aryl methyl sites for hydroxylation is 2. The Morgan fingerprint density at radius 2 is 1.86 bits per heavy atom. The summed E-state index contributed by atoms with van der Waals surface area (Å²) in [5, 5.41) is 14.9. The fraction of sp³-hybridized carbons (Fsp3) is 0.350. The SMILES string of the molecule is CCNC(=NCc1nnc2ccccn12)NCCOc1c(C)cccc1C.I. The van der Waals surface area contributed by atoms with Crippen LogP contribution in [0.25, 0.3) is 5.65 Å². The zero-order valence-corrected chi connectivity index (χ0v) is 18.8. The molecule has 150 valence electrons. The standard InChI is InChI=1S/C20H26N6O.HI/c1-4-21-20(22-11-13-27-19-15(2)8-7-9-16(19)3)23-14-18-25-24-17-10-5-6-12-26(17)18;/h5-10,12H,4,11,13-14H2,1-3H3,(H2,21,22,23);1H. The van der Waals surface area contributed by atoms with Crippen molar-refractivity contribution in [3.63, 3.8) is 0 Å². The molecule has 3 aromatic rings. The van der Waals surface area contributed by atoms with E-state index >= 15 is 0 Å². The summed E-state index contributed by atoms with van der Waals surface area (Å²) in [6.45, 7) is 8.60. The molecule has 2 heterocycles. The fourth-order valence-corrected chi connectivity index (χ4v) is 2.84. The van der Waals surface area contributed by atoms with Gasteiger partial charge in [-0.1, -0.05) is 24.3 Å². The van der Waals surface area contributed by atoms with Crippen LogP contribution in [0.1, 0.15) is 23.9 Å². The molecule has 0 aliphatic heterocycles. The summed E-state index contributed by atoms with van der Waals surface area (Å²) >= 11 is 0. The Balaban J connectivity index is 0.00000280. The highest BCUT2D eigenvalue weighted by atomic mass is 127. The van der Waals surface area contributed by atoms with Crippen molar-refractivity contribution in [2.24, 2.45) is 4.99 Å². The Kier molecular flexibility index (Phi) is 8.49. The zero-order chi connectivity index (χ0) is 19.1. The van der Waals surface area contributed by atoms with Crippen molar-refractivity contribution in [3.05, 3.63) is 59.5 Å². The van der Waals surface area contributed by atoms with Gasteiger partial charge in [0.1, 0.15) is 18.9 Å². The highest BCUT2D eigenvalue weighted by molar-refractivity contribution is 14.0. The number of rotatable bonds is 7. The van der Waals surface area contributed by atoms with Crippen molar-refractivity contribution in [2.75, 3.05) is 19.7 Å². The summed E-state index contributed by atoms with van der Waals surface area (Å²) in [6.07, 6.45) is 1.94. The number of pyridine rings is 1. The van der Waals surface area contributed by atoms with Crippen molar-refractivity contribution in [1.29, 1.82) is 0 Å². The third-order valence-electron chi connectivity index (χ3n) is 4.16. The molecule has 0 bridgehead atoms. The molecular weight excluding hydrogens is 467 g/mol.